The number of nitrogens with zero attached hydrogens (tertiary/aromatic N) is 3. The van der Waals surface area contributed by atoms with Crippen molar-refractivity contribution in [2.45, 2.75) is 0 Å². The van der Waals surface area contributed by atoms with Crippen molar-refractivity contribution in [1.82, 2.24) is 9.36 Å². The minimum Gasteiger partial charge on any atom is -0.330 e. The van der Waals surface area contributed by atoms with Gasteiger partial charge in [-0.3, -0.25) is 10.1 Å². The average molecular weight is 298 g/mol. The highest BCUT2D eigenvalue weighted by atomic mass is 32.1. The number of nitro benzene ring substituents is 1. The molecule has 104 valence electrons. The van der Waals surface area contributed by atoms with Crippen LogP contribution >= 0.6 is 11.5 Å². The molecule has 0 fully saturated rings. The van der Waals surface area contributed by atoms with Gasteiger partial charge in [0.25, 0.3) is 5.69 Å². The van der Waals surface area contributed by atoms with Gasteiger partial charge >= 0.3 is 0 Å². The molecule has 0 bridgehead atoms. The van der Waals surface area contributed by atoms with Crippen molar-refractivity contribution in [3.05, 3.63) is 64.7 Å². The number of benzene rings is 2. The van der Waals surface area contributed by atoms with Gasteiger partial charge in [-0.15, -0.1) is 0 Å². The lowest BCUT2D eigenvalue weighted by atomic mass is 10.2. The van der Waals surface area contributed by atoms with Crippen LogP contribution < -0.4 is 5.32 Å². The Morgan fingerprint density at radius 3 is 2.43 bits per heavy atom. The van der Waals surface area contributed by atoms with Crippen molar-refractivity contribution in [3.8, 4) is 11.4 Å². The highest BCUT2D eigenvalue weighted by Gasteiger charge is 2.08. The predicted octanol–water partition coefficient (Wildman–Crippen LogP) is 3.86. The summed E-state index contributed by atoms with van der Waals surface area (Å²) in [5.74, 6) is 0.657. The smallest absolute Gasteiger partial charge is 0.269 e. The molecule has 0 aliphatic carbocycles. The third kappa shape index (κ3) is 3.03. The molecule has 0 saturated heterocycles. The molecule has 1 N–H and O–H groups in total. The first-order valence-electron chi connectivity index (χ1n) is 6.13. The zero-order valence-electron chi connectivity index (χ0n) is 10.8. The molecule has 3 aromatic rings. The van der Waals surface area contributed by atoms with Crippen LogP contribution in [0.3, 0.4) is 0 Å². The van der Waals surface area contributed by atoms with Gasteiger partial charge in [0.05, 0.1) is 4.92 Å². The van der Waals surface area contributed by atoms with Crippen molar-refractivity contribution in [1.29, 1.82) is 0 Å². The molecule has 6 nitrogen and oxygen atoms in total. The quantitative estimate of drug-likeness (QED) is 0.584. The van der Waals surface area contributed by atoms with Crippen LogP contribution in [0.2, 0.25) is 0 Å². The Bertz CT molecular complexity index is 756. The monoisotopic (exact) mass is 298 g/mol. The molecule has 0 amide bonds. The van der Waals surface area contributed by atoms with Crippen LogP contribution in [0.25, 0.3) is 11.4 Å². The van der Waals surface area contributed by atoms with Gasteiger partial charge in [0.1, 0.15) is 0 Å². The number of hydrogen-bond donors (Lipinski definition) is 1. The fourth-order valence-electron chi connectivity index (χ4n) is 1.77. The molecule has 0 radical (unpaired) electrons. The molecule has 0 atom stereocenters. The maximum Gasteiger partial charge on any atom is 0.269 e. The first kappa shape index (κ1) is 13.2. The van der Waals surface area contributed by atoms with E-state index in [0.29, 0.717) is 11.0 Å². The highest BCUT2D eigenvalue weighted by molar-refractivity contribution is 7.09. The fourth-order valence-corrected chi connectivity index (χ4v) is 2.38. The zero-order chi connectivity index (χ0) is 14.7. The molecule has 0 aliphatic rings. The van der Waals surface area contributed by atoms with Gasteiger partial charge in [0.15, 0.2) is 5.82 Å². The molecule has 21 heavy (non-hydrogen) atoms. The number of nitro groups is 1. The summed E-state index contributed by atoms with van der Waals surface area (Å²) in [6.45, 7) is 0. The number of non-ortho nitro benzene ring substituents is 1. The Labute approximate surface area is 124 Å². The van der Waals surface area contributed by atoms with Crippen LogP contribution in [-0.4, -0.2) is 14.3 Å². The first-order valence-corrected chi connectivity index (χ1v) is 6.90. The molecular formula is C14H10N4O2S. The number of anilines is 2. The van der Waals surface area contributed by atoms with Crippen LogP contribution in [0.1, 0.15) is 0 Å². The van der Waals surface area contributed by atoms with Crippen molar-refractivity contribution in [3.63, 3.8) is 0 Å². The molecule has 1 heterocycles. The standard InChI is InChI=1S/C14H10N4O2S/c19-18(20)12-8-6-11(7-9-12)15-14-16-13(17-21-14)10-4-2-1-3-5-10/h1-9H,(H,15,16,17). The van der Waals surface area contributed by atoms with Crippen LogP contribution in [0.15, 0.2) is 54.6 Å². The fraction of sp³-hybridized carbons (Fsp3) is 0. The van der Waals surface area contributed by atoms with Gasteiger partial charge in [-0.25, -0.2) is 0 Å². The van der Waals surface area contributed by atoms with Crippen LogP contribution in [0, 0.1) is 10.1 Å². The average Bonchev–Trinajstić information content (AvgIpc) is 2.97. The van der Waals surface area contributed by atoms with E-state index < -0.39 is 4.92 Å². The molecule has 0 spiro atoms. The lowest BCUT2D eigenvalue weighted by Gasteiger charge is -2.00. The van der Waals surface area contributed by atoms with E-state index in [2.05, 4.69) is 14.7 Å². The topological polar surface area (TPSA) is 81.0 Å². The van der Waals surface area contributed by atoms with E-state index in [1.54, 1.807) is 12.1 Å². The lowest BCUT2D eigenvalue weighted by molar-refractivity contribution is -0.384. The summed E-state index contributed by atoms with van der Waals surface area (Å²) in [7, 11) is 0. The summed E-state index contributed by atoms with van der Waals surface area (Å²) in [6.07, 6.45) is 0. The van der Waals surface area contributed by atoms with Gasteiger partial charge in [-0.1, -0.05) is 30.3 Å². The minimum absolute atomic E-state index is 0.0581. The second-order valence-corrected chi connectivity index (χ2v) is 4.97. The highest BCUT2D eigenvalue weighted by Crippen LogP contribution is 2.24. The van der Waals surface area contributed by atoms with Crippen LogP contribution in [0.4, 0.5) is 16.5 Å². The summed E-state index contributed by atoms with van der Waals surface area (Å²) in [5.41, 5.74) is 1.74. The molecule has 7 heteroatoms. The van der Waals surface area contributed by atoms with E-state index in [0.717, 1.165) is 11.3 Å². The molecule has 3 rings (SSSR count). The SMILES string of the molecule is O=[N+]([O-])c1ccc(Nc2nc(-c3ccccc3)ns2)cc1. The van der Waals surface area contributed by atoms with E-state index in [4.69, 9.17) is 0 Å². The van der Waals surface area contributed by atoms with Gasteiger partial charge < -0.3 is 5.32 Å². The molecule has 0 unspecified atom stereocenters. The number of rotatable bonds is 4. The first-order chi connectivity index (χ1) is 10.2. The van der Waals surface area contributed by atoms with Crippen LogP contribution in [-0.2, 0) is 0 Å². The van der Waals surface area contributed by atoms with E-state index in [1.165, 1.54) is 23.7 Å². The maximum atomic E-state index is 10.6. The van der Waals surface area contributed by atoms with E-state index >= 15 is 0 Å². The summed E-state index contributed by atoms with van der Waals surface area (Å²) < 4.78 is 4.29. The molecule has 2 aromatic carbocycles. The Balaban J connectivity index is 1.77. The maximum absolute atomic E-state index is 10.6. The van der Waals surface area contributed by atoms with E-state index in [-0.39, 0.29) is 5.69 Å². The van der Waals surface area contributed by atoms with Crippen molar-refractivity contribution < 1.29 is 4.92 Å². The van der Waals surface area contributed by atoms with Gasteiger partial charge in [0, 0.05) is 34.9 Å². The molecule has 0 saturated carbocycles. The van der Waals surface area contributed by atoms with Crippen molar-refractivity contribution >= 4 is 28.0 Å². The minimum atomic E-state index is -0.428. The van der Waals surface area contributed by atoms with Gasteiger partial charge in [-0.2, -0.15) is 9.36 Å². The predicted molar refractivity (Wildman–Crippen MR) is 81.7 cm³/mol. The Hall–Kier alpha value is -2.80. The molecular weight excluding hydrogens is 288 g/mol. The second-order valence-electron chi connectivity index (χ2n) is 4.22. The van der Waals surface area contributed by atoms with Crippen LogP contribution in [0.5, 0.6) is 0 Å². The van der Waals surface area contributed by atoms with Gasteiger partial charge in [0.2, 0.25) is 5.13 Å². The molecule has 0 aliphatic heterocycles. The third-order valence-electron chi connectivity index (χ3n) is 2.79. The van der Waals surface area contributed by atoms with Crippen molar-refractivity contribution in [2.24, 2.45) is 0 Å². The van der Waals surface area contributed by atoms with Gasteiger partial charge in [-0.05, 0) is 12.1 Å². The summed E-state index contributed by atoms with van der Waals surface area (Å²) in [4.78, 5) is 14.6. The number of nitrogens with one attached hydrogen (secondary N) is 1. The number of aromatic nitrogens is 2. The normalized spacial score (nSPS) is 10.3. The lowest BCUT2D eigenvalue weighted by Crippen LogP contribution is -1.91. The summed E-state index contributed by atoms with van der Waals surface area (Å²) in [5, 5.41) is 14.3. The largest absolute Gasteiger partial charge is 0.330 e. The summed E-state index contributed by atoms with van der Waals surface area (Å²) in [6, 6.07) is 15.9. The Kier molecular flexibility index (Phi) is 3.57. The molecule has 1 aromatic heterocycles. The summed E-state index contributed by atoms with van der Waals surface area (Å²) >= 11 is 1.24. The Morgan fingerprint density at radius 2 is 1.76 bits per heavy atom. The Morgan fingerprint density at radius 1 is 1.05 bits per heavy atom. The van der Waals surface area contributed by atoms with E-state index in [9.17, 15) is 10.1 Å². The number of hydrogen-bond acceptors (Lipinski definition) is 6. The van der Waals surface area contributed by atoms with E-state index in [1.807, 2.05) is 30.3 Å². The zero-order valence-corrected chi connectivity index (χ0v) is 11.6. The van der Waals surface area contributed by atoms with Crippen molar-refractivity contribution in [2.75, 3.05) is 5.32 Å². The second kappa shape index (κ2) is 5.68. The third-order valence-corrected chi connectivity index (χ3v) is 3.42.